The fourth-order valence-corrected chi connectivity index (χ4v) is 3.47. The molecule has 1 unspecified atom stereocenters. The summed E-state index contributed by atoms with van der Waals surface area (Å²) in [6.45, 7) is 5.77. The number of hydrogen-bond donors (Lipinski definition) is 1. The second kappa shape index (κ2) is 4.99. The van der Waals surface area contributed by atoms with Crippen LogP contribution in [0.1, 0.15) is 37.4 Å². The lowest BCUT2D eigenvalue weighted by Gasteiger charge is -2.40. The van der Waals surface area contributed by atoms with Crippen molar-refractivity contribution in [3.8, 4) is 0 Å². The summed E-state index contributed by atoms with van der Waals surface area (Å²) < 4.78 is 0. The second-order valence-corrected chi connectivity index (χ2v) is 6.83. The zero-order valence-corrected chi connectivity index (χ0v) is 12.3. The highest BCUT2D eigenvalue weighted by molar-refractivity contribution is 5.45. The monoisotopic (exact) mass is 272 g/mol. The van der Waals surface area contributed by atoms with E-state index in [2.05, 4.69) is 33.4 Å². The van der Waals surface area contributed by atoms with Crippen LogP contribution in [-0.2, 0) is 12.8 Å². The van der Waals surface area contributed by atoms with Gasteiger partial charge in [0.15, 0.2) is 5.82 Å². The maximum absolute atomic E-state index is 4.40. The number of anilines is 1. The lowest BCUT2D eigenvalue weighted by molar-refractivity contribution is 0.354. The first-order valence-electron chi connectivity index (χ1n) is 8.13. The highest BCUT2D eigenvalue weighted by atomic mass is 15.3. The van der Waals surface area contributed by atoms with Gasteiger partial charge in [-0.2, -0.15) is 5.10 Å². The Labute approximate surface area is 121 Å². The molecule has 2 heterocycles. The Balaban J connectivity index is 1.28. The van der Waals surface area contributed by atoms with Crippen molar-refractivity contribution < 1.29 is 0 Å². The van der Waals surface area contributed by atoms with E-state index < -0.39 is 0 Å². The summed E-state index contributed by atoms with van der Waals surface area (Å²) >= 11 is 0. The number of nitrogens with one attached hydrogen (secondary N) is 1. The van der Waals surface area contributed by atoms with E-state index >= 15 is 0 Å². The van der Waals surface area contributed by atoms with Gasteiger partial charge in [-0.25, -0.2) is 0 Å². The predicted molar refractivity (Wildman–Crippen MR) is 79.9 cm³/mol. The first-order valence-corrected chi connectivity index (χ1v) is 8.13. The standard InChI is InChI=1S/C16H24N4/c1-11(13-5-6-13)17-8-12-9-20(10-12)16-7-14-3-2-4-15(14)18-19-16/h7,11-13,17H,2-6,8-10H2,1H3. The van der Waals surface area contributed by atoms with E-state index in [1.165, 1.54) is 36.9 Å². The summed E-state index contributed by atoms with van der Waals surface area (Å²) in [7, 11) is 0. The molecule has 0 spiro atoms. The van der Waals surface area contributed by atoms with Gasteiger partial charge in [-0.1, -0.05) is 0 Å². The molecule has 0 amide bonds. The summed E-state index contributed by atoms with van der Waals surface area (Å²) in [6.07, 6.45) is 6.41. The third-order valence-electron chi connectivity index (χ3n) is 5.15. The average molecular weight is 272 g/mol. The van der Waals surface area contributed by atoms with Crippen LogP contribution in [0, 0.1) is 11.8 Å². The van der Waals surface area contributed by atoms with Crippen LogP contribution in [0.3, 0.4) is 0 Å². The Hall–Kier alpha value is -1.16. The van der Waals surface area contributed by atoms with Crippen molar-refractivity contribution in [1.82, 2.24) is 15.5 Å². The first-order chi connectivity index (χ1) is 9.79. The molecular weight excluding hydrogens is 248 g/mol. The van der Waals surface area contributed by atoms with Gasteiger partial charge in [-0.3, -0.25) is 0 Å². The molecule has 4 nitrogen and oxygen atoms in total. The van der Waals surface area contributed by atoms with Gasteiger partial charge in [0.2, 0.25) is 0 Å². The molecule has 1 atom stereocenters. The lowest BCUT2D eigenvalue weighted by Crippen LogP contribution is -2.52. The molecule has 3 aliphatic rings. The highest BCUT2D eigenvalue weighted by Gasteiger charge is 2.31. The molecule has 1 N–H and O–H groups in total. The zero-order chi connectivity index (χ0) is 13.5. The van der Waals surface area contributed by atoms with Gasteiger partial charge in [-0.05, 0) is 56.6 Å². The fourth-order valence-electron chi connectivity index (χ4n) is 3.47. The molecule has 2 fully saturated rings. The van der Waals surface area contributed by atoms with Crippen molar-refractivity contribution in [1.29, 1.82) is 0 Å². The summed E-state index contributed by atoms with van der Waals surface area (Å²) in [5, 5.41) is 12.5. The van der Waals surface area contributed by atoms with Crippen molar-refractivity contribution in [2.75, 3.05) is 24.5 Å². The molecule has 2 aliphatic carbocycles. The van der Waals surface area contributed by atoms with Crippen LogP contribution < -0.4 is 10.2 Å². The van der Waals surface area contributed by atoms with Gasteiger partial charge < -0.3 is 10.2 Å². The lowest BCUT2D eigenvalue weighted by atomic mass is 9.99. The van der Waals surface area contributed by atoms with Gasteiger partial charge in [-0.15, -0.1) is 5.10 Å². The van der Waals surface area contributed by atoms with E-state index in [0.717, 1.165) is 43.7 Å². The molecule has 0 radical (unpaired) electrons. The van der Waals surface area contributed by atoms with Crippen LogP contribution in [-0.4, -0.2) is 35.9 Å². The maximum atomic E-state index is 4.40. The van der Waals surface area contributed by atoms with Gasteiger partial charge >= 0.3 is 0 Å². The minimum absolute atomic E-state index is 0.712. The summed E-state index contributed by atoms with van der Waals surface area (Å²) in [5.41, 5.74) is 2.66. The van der Waals surface area contributed by atoms with Gasteiger partial charge in [0.25, 0.3) is 0 Å². The number of aryl methyl sites for hydroxylation is 2. The molecule has 0 aromatic carbocycles. The zero-order valence-electron chi connectivity index (χ0n) is 12.3. The van der Waals surface area contributed by atoms with E-state index in [9.17, 15) is 0 Å². The Bertz CT molecular complexity index is 491. The Kier molecular flexibility index (Phi) is 3.14. The average Bonchev–Trinajstić information content (AvgIpc) is 3.15. The van der Waals surface area contributed by atoms with E-state index in [4.69, 9.17) is 0 Å². The minimum Gasteiger partial charge on any atom is -0.354 e. The quantitative estimate of drug-likeness (QED) is 0.887. The molecule has 1 saturated carbocycles. The second-order valence-electron chi connectivity index (χ2n) is 6.83. The SMILES string of the molecule is CC(NCC1CN(c2cc3c(nn2)CCC3)C1)C1CC1. The first kappa shape index (κ1) is 12.6. The predicted octanol–water partition coefficient (Wildman–Crippen LogP) is 1.79. The Morgan fingerprint density at radius 3 is 2.95 bits per heavy atom. The third-order valence-corrected chi connectivity index (χ3v) is 5.15. The molecular formula is C16H24N4. The number of rotatable bonds is 5. The summed E-state index contributed by atoms with van der Waals surface area (Å²) in [6, 6.07) is 2.98. The Morgan fingerprint density at radius 1 is 1.30 bits per heavy atom. The number of nitrogens with zero attached hydrogens (tertiary/aromatic N) is 3. The van der Waals surface area contributed by atoms with Crippen molar-refractivity contribution in [2.24, 2.45) is 11.8 Å². The number of fused-ring (bicyclic) bond motifs is 1. The molecule has 108 valence electrons. The van der Waals surface area contributed by atoms with Crippen LogP contribution in [0.5, 0.6) is 0 Å². The number of aromatic nitrogens is 2. The molecule has 1 aromatic heterocycles. The molecule has 1 aliphatic heterocycles. The third kappa shape index (κ3) is 2.41. The van der Waals surface area contributed by atoms with Crippen molar-refractivity contribution in [3.63, 3.8) is 0 Å². The van der Waals surface area contributed by atoms with Gasteiger partial charge in [0, 0.05) is 31.6 Å². The molecule has 20 heavy (non-hydrogen) atoms. The van der Waals surface area contributed by atoms with Crippen LogP contribution in [0.15, 0.2) is 6.07 Å². The van der Waals surface area contributed by atoms with Crippen LogP contribution in [0.25, 0.3) is 0 Å². The molecule has 4 heteroatoms. The van der Waals surface area contributed by atoms with E-state index in [1.807, 2.05) is 0 Å². The normalized spacial score (nSPS) is 23.6. The topological polar surface area (TPSA) is 41.0 Å². The van der Waals surface area contributed by atoms with Gasteiger partial charge in [0.1, 0.15) is 0 Å². The summed E-state index contributed by atoms with van der Waals surface area (Å²) in [5.74, 6) is 2.83. The van der Waals surface area contributed by atoms with Crippen molar-refractivity contribution >= 4 is 5.82 Å². The van der Waals surface area contributed by atoms with Crippen LogP contribution >= 0.6 is 0 Å². The number of hydrogen-bond acceptors (Lipinski definition) is 4. The molecule has 1 saturated heterocycles. The molecule has 4 rings (SSSR count). The maximum Gasteiger partial charge on any atom is 0.151 e. The summed E-state index contributed by atoms with van der Waals surface area (Å²) in [4.78, 5) is 2.37. The van der Waals surface area contributed by atoms with Crippen LogP contribution in [0.2, 0.25) is 0 Å². The van der Waals surface area contributed by atoms with E-state index in [-0.39, 0.29) is 0 Å². The van der Waals surface area contributed by atoms with Crippen molar-refractivity contribution in [2.45, 2.75) is 45.1 Å². The van der Waals surface area contributed by atoms with E-state index in [1.54, 1.807) is 0 Å². The van der Waals surface area contributed by atoms with Crippen LogP contribution in [0.4, 0.5) is 5.82 Å². The van der Waals surface area contributed by atoms with E-state index in [0.29, 0.717) is 6.04 Å². The highest BCUT2D eigenvalue weighted by Crippen LogP contribution is 2.32. The molecule has 0 bridgehead atoms. The Morgan fingerprint density at radius 2 is 2.15 bits per heavy atom. The van der Waals surface area contributed by atoms with Crippen molar-refractivity contribution in [3.05, 3.63) is 17.3 Å². The minimum atomic E-state index is 0.712. The fraction of sp³-hybridized carbons (Fsp3) is 0.750. The smallest absolute Gasteiger partial charge is 0.151 e. The molecule has 1 aromatic rings. The largest absolute Gasteiger partial charge is 0.354 e. The van der Waals surface area contributed by atoms with Gasteiger partial charge in [0.05, 0.1) is 5.69 Å².